The Hall–Kier alpha value is -2.58. The number of benzene rings is 2. The molecule has 0 N–H and O–H groups in total. The van der Waals surface area contributed by atoms with Crippen LogP contribution in [0.2, 0.25) is 5.02 Å². The lowest BCUT2D eigenvalue weighted by molar-refractivity contribution is 0.174. The third-order valence-electron chi connectivity index (χ3n) is 3.85. The lowest BCUT2D eigenvalue weighted by atomic mass is 10.2. The summed E-state index contributed by atoms with van der Waals surface area (Å²) in [6, 6.07) is 11.3. The zero-order chi connectivity index (χ0) is 18.1. The Morgan fingerprint density at radius 3 is 2.62 bits per heavy atom. The van der Waals surface area contributed by atoms with Gasteiger partial charge in [-0.05, 0) is 42.5 Å². The zero-order valence-electron chi connectivity index (χ0n) is 13.4. The summed E-state index contributed by atoms with van der Waals surface area (Å²) in [5.74, 6) is 1.74. The van der Waals surface area contributed by atoms with Crippen molar-refractivity contribution in [3.63, 3.8) is 0 Å². The Bertz CT molecular complexity index is 1050. The molecule has 1 aromatic heterocycles. The monoisotopic (exact) mass is 392 g/mol. The van der Waals surface area contributed by atoms with Crippen molar-refractivity contribution >= 4 is 21.4 Å². The highest BCUT2D eigenvalue weighted by Gasteiger charge is 2.19. The quantitative estimate of drug-likeness (QED) is 0.658. The number of halogens is 1. The fraction of sp³-hybridized carbons (Fsp3) is 0.176. The first-order valence-electron chi connectivity index (χ1n) is 7.72. The minimum Gasteiger partial charge on any atom is -0.454 e. The molecule has 0 amide bonds. The number of aromatic nitrogens is 2. The Morgan fingerprint density at radius 1 is 1.04 bits per heavy atom. The third kappa shape index (κ3) is 3.38. The number of hydrogen-bond donors (Lipinski definition) is 0. The number of fused-ring (bicyclic) bond motifs is 1. The molecule has 26 heavy (non-hydrogen) atoms. The minimum atomic E-state index is -3.46. The van der Waals surface area contributed by atoms with E-state index in [0.29, 0.717) is 33.8 Å². The van der Waals surface area contributed by atoms with E-state index >= 15 is 0 Å². The Balaban J connectivity index is 1.48. The third-order valence-corrected chi connectivity index (χ3v) is 5.84. The first-order chi connectivity index (χ1) is 12.5. The predicted molar refractivity (Wildman–Crippen MR) is 93.1 cm³/mol. The van der Waals surface area contributed by atoms with Crippen molar-refractivity contribution in [3.8, 4) is 23.0 Å². The SMILES string of the molecule is O=S(=O)(CCc1noc(-c2ccc3c(c2)OCO3)n1)c1ccc(Cl)cc1. The van der Waals surface area contributed by atoms with Gasteiger partial charge in [0.25, 0.3) is 5.89 Å². The number of ether oxygens (including phenoxy) is 2. The zero-order valence-corrected chi connectivity index (χ0v) is 15.0. The maximum atomic E-state index is 12.4. The van der Waals surface area contributed by atoms with Gasteiger partial charge < -0.3 is 14.0 Å². The van der Waals surface area contributed by atoms with Gasteiger partial charge in [0.2, 0.25) is 6.79 Å². The number of sulfone groups is 1. The highest BCUT2D eigenvalue weighted by molar-refractivity contribution is 7.91. The molecule has 9 heteroatoms. The van der Waals surface area contributed by atoms with Gasteiger partial charge in [0, 0.05) is 17.0 Å². The van der Waals surface area contributed by atoms with E-state index < -0.39 is 9.84 Å². The summed E-state index contributed by atoms with van der Waals surface area (Å²) in [7, 11) is -3.46. The van der Waals surface area contributed by atoms with E-state index in [9.17, 15) is 8.42 Å². The average molecular weight is 393 g/mol. The molecule has 0 fully saturated rings. The van der Waals surface area contributed by atoms with Gasteiger partial charge in [-0.3, -0.25) is 0 Å². The molecule has 1 aliphatic rings. The Kier molecular flexibility index (Phi) is 4.29. The summed E-state index contributed by atoms with van der Waals surface area (Å²) < 4.78 is 40.5. The Labute approximate surface area is 154 Å². The summed E-state index contributed by atoms with van der Waals surface area (Å²) in [6.07, 6.45) is 0.138. The average Bonchev–Trinajstić information content (AvgIpc) is 3.29. The fourth-order valence-corrected chi connectivity index (χ4v) is 3.85. The molecule has 0 atom stereocenters. The van der Waals surface area contributed by atoms with E-state index in [4.69, 9.17) is 25.6 Å². The molecule has 0 saturated carbocycles. The minimum absolute atomic E-state index is 0.130. The second-order valence-corrected chi connectivity index (χ2v) is 8.15. The number of aryl methyl sites for hydroxylation is 1. The largest absolute Gasteiger partial charge is 0.454 e. The molecule has 4 rings (SSSR count). The molecule has 7 nitrogen and oxygen atoms in total. The highest BCUT2D eigenvalue weighted by atomic mass is 35.5. The van der Waals surface area contributed by atoms with E-state index in [1.165, 1.54) is 12.1 Å². The summed E-state index contributed by atoms with van der Waals surface area (Å²) in [6.45, 7) is 0.177. The normalized spacial score (nSPS) is 13.1. The smallest absolute Gasteiger partial charge is 0.258 e. The molecule has 0 unspecified atom stereocenters. The highest BCUT2D eigenvalue weighted by Crippen LogP contribution is 2.35. The lowest BCUT2D eigenvalue weighted by Gasteiger charge is -2.02. The van der Waals surface area contributed by atoms with Crippen molar-refractivity contribution in [2.45, 2.75) is 11.3 Å². The molecular weight excluding hydrogens is 380 g/mol. The van der Waals surface area contributed by atoms with Gasteiger partial charge in [-0.1, -0.05) is 16.8 Å². The van der Waals surface area contributed by atoms with Crippen LogP contribution in [-0.4, -0.2) is 31.1 Å². The number of hydrogen-bond acceptors (Lipinski definition) is 7. The van der Waals surface area contributed by atoms with Gasteiger partial charge in [-0.25, -0.2) is 8.42 Å². The lowest BCUT2D eigenvalue weighted by Crippen LogP contribution is -2.10. The van der Waals surface area contributed by atoms with E-state index in [1.54, 1.807) is 30.3 Å². The van der Waals surface area contributed by atoms with Gasteiger partial charge >= 0.3 is 0 Å². The molecule has 3 aromatic rings. The van der Waals surface area contributed by atoms with Crippen molar-refractivity contribution < 1.29 is 22.4 Å². The van der Waals surface area contributed by atoms with E-state index in [2.05, 4.69) is 10.1 Å². The summed E-state index contributed by atoms with van der Waals surface area (Å²) in [4.78, 5) is 4.47. The molecule has 0 saturated heterocycles. The van der Waals surface area contributed by atoms with E-state index in [-0.39, 0.29) is 23.9 Å². The van der Waals surface area contributed by atoms with Gasteiger partial charge in [0.05, 0.1) is 10.6 Å². The number of rotatable bonds is 5. The standard InChI is InChI=1S/C17H13ClN2O5S/c18-12-2-4-13(5-3-12)26(21,22)8-7-16-19-17(25-20-16)11-1-6-14-15(9-11)24-10-23-14/h1-6,9H,7-8,10H2. The van der Waals surface area contributed by atoms with Crippen LogP contribution in [0.4, 0.5) is 0 Å². The first-order valence-corrected chi connectivity index (χ1v) is 9.75. The second-order valence-electron chi connectivity index (χ2n) is 5.61. The summed E-state index contributed by atoms with van der Waals surface area (Å²) >= 11 is 5.79. The maximum Gasteiger partial charge on any atom is 0.258 e. The van der Waals surface area contributed by atoms with Crippen LogP contribution in [0.5, 0.6) is 11.5 Å². The molecule has 2 aromatic carbocycles. The van der Waals surface area contributed by atoms with Crippen LogP contribution in [0.1, 0.15) is 5.82 Å². The molecule has 0 radical (unpaired) electrons. The van der Waals surface area contributed by atoms with Crippen LogP contribution in [0.3, 0.4) is 0 Å². The van der Waals surface area contributed by atoms with Crippen LogP contribution < -0.4 is 9.47 Å². The van der Waals surface area contributed by atoms with Gasteiger partial charge in [0.1, 0.15) is 0 Å². The van der Waals surface area contributed by atoms with Crippen LogP contribution in [0, 0.1) is 0 Å². The molecule has 0 bridgehead atoms. The van der Waals surface area contributed by atoms with Crippen molar-refractivity contribution in [2.75, 3.05) is 12.5 Å². The summed E-state index contributed by atoms with van der Waals surface area (Å²) in [5, 5.41) is 4.34. The van der Waals surface area contributed by atoms with Gasteiger partial charge in [-0.15, -0.1) is 0 Å². The van der Waals surface area contributed by atoms with Crippen molar-refractivity contribution in [3.05, 3.63) is 53.3 Å². The molecule has 0 aliphatic carbocycles. The van der Waals surface area contributed by atoms with E-state index in [1.807, 2.05) is 0 Å². The molecule has 2 heterocycles. The first kappa shape index (κ1) is 16.9. The van der Waals surface area contributed by atoms with Crippen molar-refractivity contribution in [1.82, 2.24) is 10.1 Å². The van der Waals surface area contributed by atoms with Crippen LogP contribution in [-0.2, 0) is 16.3 Å². The van der Waals surface area contributed by atoms with Gasteiger partial charge in [0.15, 0.2) is 27.2 Å². The van der Waals surface area contributed by atoms with Crippen molar-refractivity contribution in [2.24, 2.45) is 0 Å². The topological polar surface area (TPSA) is 91.5 Å². The molecule has 134 valence electrons. The maximum absolute atomic E-state index is 12.4. The molecule has 1 aliphatic heterocycles. The second kappa shape index (κ2) is 6.62. The van der Waals surface area contributed by atoms with Crippen molar-refractivity contribution in [1.29, 1.82) is 0 Å². The molecular formula is C17H13ClN2O5S. The predicted octanol–water partition coefficient (Wildman–Crippen LogP) is 3.14. The Morgan fingerprint density at radius 2 is 1.81 bits per heavy atom. The number of nitrogens with zero attached hydrogens (tertiary/aromatic N) is 2. The summed E-state index contributed by atoms with van der Waals surface area (Å²) in [5.41, 5.74) is 0.675. The van der Waals surface area contributed by atoms with E-state index in [0.717, 1.165) is 0 Å². The molecule has 0 spiro atoms. The van der Waals surface area contributed by atoms with Crippen LogP contribution in [0.25, 0.3) is 11.5 Å². The van der Waals surface area contributed by atoms with Gasteiger partial charge in [-0.2, -0.15) is 4.98 Å². The van der Waals surface area contributed by atoms with Crippen LogP contribution >= 0.6 is 11.6 Å². The fourth-order valence-electron chi connectivity index (χ4n) is 2.49. The van der Waals surface area contributed by atoms with Crippen LogP contribution in [0.15, 0.2) is 51.9 Å².